The Morgan fingerprint density at radius 3 is 2.50 bits per heavy atom. The molecule has 0 spiro atoms. The minimum atomic E-state index is 0. The van der Waals surface area contributed by atoms with Gasteiger partial charge >= 0.3 is 0 Å². The van der Waals surface area contributed by atoms with E-state index in [9.17, 15) is 0 Å². The fraction of sp³-hybridized carbons (Fsp3) is 0.385. The van der Waals surface area contributed by atoms with E-state index in [1.165, 1.54) is 10.9 Å². The Hall–Kier alpha value is -0.990. The van der Waals surface area contributed by atoms with Crippen LogP contribution in [0.5, 0.6) is 0 Å². The molecule has 0 saturated carbocycles. The Morgan fingerprint density at radius 2 is 1.88 bits per heavy atom. The van der Waals surface area contributed by atoms with Gasteiger partial charge in [0.25, 0.3) is 0 Å². The first-order valence-corrected chi connectivity index (χ1v) is 5.32. The molecule has 1 heterocycles. The number of benzene rings is 1. The van der Waals surface area contributed by atoms with Crippen molar-refractivity contribution < 1.29 is 0 Å². The van der Waals surface area contributed by atoms with Gasteiger partial charge in [-0.2, -0.15) is 0 Å². The maximum atomic E-state index is 6.28. The summed E-state index contributed by atoms with van der Waals surface area (Å²) in [6.07, 6.45) is 1.96. The molecule has 0 fully saturated rings. The first-order valence-electron chi connectivity index (χ1n) is 5.32. The Kier molecular flexibility index (Phi) is 3.66. The lowest BCUT2D eigenvalue weighted by Gasteiger charge is -2.27. The van der Waals surface area contributed by atoms with Gasteiger partial charge in [-0.05, 0) is 23.1 Å². The van der Waals surface area contributed by atoms with Crippen LogP contribution in [0, 0.1) is 5.41 Å². The lowest BCUT2D eigenvalue weighted by atomic mass is 9.82. The average Bonchev–Trinajstić information content (AvgIpc) is 2.62. The Bertz CT molecular complexity index is 468. The average molecular weight is 239 g/mol. The molecular formula is C13H19ClN2. The predicted octanol–water partition coefficient (Wildman–Crippen LogP) is 3.64. The quantitative estimate of drug-likeness (QED) is 0.783. The van der Waals surface area contributed by atoms with Crippen LogP contribution in [0.1, 0.15) is 32.4 Å². The normalized spacial score (nSPS) is 13.5. The number of aromatic amines is 1. The largest absolute Gasteiger partial charge is 0.361 e. The van der Waals surface area contributed by atoms with E-state index in [0.29, 0.717) is 0 Å². The zero-order valence-corrected chi connectivity index (χ0v) is 10.8. The van der Waals surface area contributed by atoms with Crippen LogP contribution in [-0.4, -0.2) is 4.98 Å². The molecule has 0 aliphatic heterocycles. The molecule has 1 aromatic heterocycles. The minimum absolute atomic E-state index is 0. The van der Waals surface area contributed by atoms with Crippen molar-refractivity contribution in [2.45, 2.75) is 26.8 Å². The highest BCUT2D eigenvalue weighted by Crippen LogP contribution is 2.33. The lowest BCUT2D eigenvalue weighted by Crippen LogP contribution is -2.26. The van der Waals surface area contributed by atoms with E-state index in [-0.39, 0.29) is 23.9 Å². The number of hydrogen-bond acceptors (Lipinski definition) is 1. The molecule has 3 N–H and O–H groups in total. The van der Waals surface area contributed by atoms with Crippen molar-refractivity contribution >= 4 is 23.3 Å². The molecule has 1 atom stereocenters. The number of rotatable bonds is 1. The second-order valence-corrected chi connectivity index (χ2v) is 5.13. The zero-order valence-electron chi connectivity index (χ0n) is 9.95. The van der Waals surface area contributed by atoms with E-state index >= 15 is 0 Å². The summed E-state index contributed by atoms with van der Waals surface area (Å²) in [6.45, 7) is 6.51. The SMILES string of the molecule is CC(C)(C)[C@@H](N)c1cccc2[nH]ccc12.Cl. The van der Waals surface area contributed by atoms with Crippen LogP contribution < -0.4 is 5.73 Å². The van der Waals surface area contributed by atoms with Gasteiger partial charge in [0.1, 0.15) is 0 Å². The van der Waals surface area contributed by atoms with Crippen LogP contribution >= 0.6 is 12.4 Å². The second kappa shape index (κ2) is 4.48. The third-order valence-electron chi connectivity index (χ3n) is 2.90. The molecule has 3 heteroatoms. The van der Waals surface area contributed by atoms with Gasteiger partial charge in [0, 0.05) is 23.1 Å². The summed E-state index contributed by atoms with van der Waals surface area (Å²) in [4.78, 5) is 3.21. The van der Waals surface area contributed by atoms with Gasteiger partial charge in [-0.3, -0.25) is 0 Å². The van der Waals surface area contributed by atoms with Gasteiger partial charge in [0.2, 0.25) is 0 Å². The summed E-state index contributed by atoms with van der Waals surface area (Å²) in [5.41, 5.74) is 8.76. The van der Waals surface area contributed by atoms with Crippen LogP contribution in [0.15, 0.2) is 30.5 Å². The van der Waals surface area contributed by atoms with Gasteiger partial charge in [0.05, 0.1) is 0 Å². The number of aromatic nitrogens is 1. The summed E-state index contributed by atoms with van der Waals surface area (Å²) in [5.74, 6) is 0. The molecule has 2 nitrogen and oxygen atoms in total. The van der Waals surface area contributed by atoms with Crippen molar-refractivity contribution in [1.29, 1.82) is 0 Å². The molecule has 0 aliphatic carbocycles. The first kappa shape index (κ1) is 13.1. The molecule has 16 heavy (non-hydrogen) atoms. The molecule has 0 amide bonds. The molecule has 2 aromatic rings. The summed E-state index contributed by atoms with van der Waals surface area (Å²) in [7, 11) is 0. The van der Waals surface area contributed by atoms with Crippen molar-refractivity contribution in [3.63, 3.8) is 0 Å². The van der Waals surface area contributed by atoms with E-state index in [1.54, 1.807) is 0 Å². The van der Waals surface area contributed by atoms with E-state index in [4.69, 9.17) is 5.73 Å². The summed E-state index contributed by atoms with van der Waals surface area (Å²) >= 11 is 0. The van der Waals surface area contributed by atoms with Gasteiger partial charge in [-0.25, -0.2) is 0 Å². The topological polar surface area (TPSA) is 41.8 Å². The second-order valence-electron chi connectivity index (χ2n) is 5.13. The molecule has 0 saturated heterocycles. The van der Waals surface area contributed by atoms with Crippen LogP contribution in [-0.2, 0) is 0 Å². The van der Waals surface area contributed by atoms with Crippen molar-refractivity contribution in [1.82, 2.24) is 4.98 Å². The minimum Gasteiger partial charge on any atom is -0.361 e. The highest BCUT2D eigenvalue weighted by molar-refractivity contribution is 5.85. The van der Waals surface area contributed by atoms with Crippen LogP contribution in [0.3, 0.4) is 0 Å². The molecule has 1 aromatic carbocycles. The van der Waals surface area contributed by atoms with E-state index in [2.05, 4.69) is 50.0 Å². The molecule has 0 aliphatic rings. The molecule has 0 radical (unpaired) electrons. The van der Waals surface area contributed by atoms with Gasteiger partial charge in [-0.1, -0.05) is 32.9 Å². The molecular weight excluding hydrogens is 220 g/mol. The molecule has 0 unspecified atom stereocenters. The monoisotopic (exact) mass is 238 g/mol. The Balaban J connectivity index is 0.00000128. The summed E-state index contributed by atoms with van der Waals surface area (Å²) in [6, 6.07) is 8.41. The van der Waals surface area contributed by atoms with Crippen LogP contribution in [0.4, 0.5) is 0 Å². The van der Waals surface area contributed by atoms with Gasteiger partial charge in [0.15, 0.2) is 0 Å². The number of H-pyrrole nitrogens is 1. The summed E-state index contributed by atoms with van der Waals surface area (Å²) < 4.78 is 0. The zero-order chi connectivity index (χ0) is 11.1. The third-order valence-corrected chi connectivity index (χ3v) is 2.90. The maximum absolute atomic E-state index is 6.28. The van der Waals surface area contributed by atoms with Crippen molar-refractivity contribution in [3.05, 3.63) is 36.0 Å². The lowest BCUT2D eigenvalue weighted by molar-refractivity contribution is 0.328. The predicted molar refractivity (Wildman–Crippen MR) is 71.9 cm³/mol. The molecule has 0 bridgehead atoms. The van der Waals surface area contributed by atoms with Gasteiger partial charge < -0.3 is 10.7 Å². The summed E-state index contributed by atoms with van der Waals surface area (Å²) in [5, 5.41) is 1.24. The fourth-order valence-electron chi connectivity index (χ4n) is 1.85. The van der Waals surface area contributed by atoms with Crippen molar-refractivity contribution in [2.75, 3.05) is 0 Å². The van der Waals surface area contributed by atoms with Crippen LogP contribution in [0.2, 0.25) is 0 Å². The van der Waals surface area contributed by atoms with Crippen molar-refractivity contribution in [3.8, 4) is 0 Å². The van der Waals surface area contributed by atoms with E-state index in [1.807, 2.05) is 6.20 Å². The van der Waals surface area contributed by atoms with E-state index in [0.717, 1.165) is 5.52 Å². The number of fused-ring (bicyclic) bond motifs is 1. The number of halogens is 1. The standard InChI is InChI=1S/C13H18N2.ClH/c1-13(2,3)12(14)10-5-4-6-11-9(10)7-8-15-11;/h4-8,12,15H,14H2,1-3H3;1H/t12-;/m0./s1. The van der Waals surface area contributed by atoms with Gasteiger partial charge in [-0.15, -0.1) is 12.4 Å². The fourth-order valence-corrected chi connectivity index (χ4v) is 1.85. The Labute approximate surface area is 103 Å². The first-order chi connectivity index (χ1) is 7.00. The smallest absolute Gasteiger partial charge is 0.0457 e. The number of nitrogens with two attached hydrogens (primary N) is 1. The Morgan fingerprint density at radius 1 is 1.19 bits per heavy atom. The van der Waals surface area contributed by atoms with E-state index < -0.39 is 0 Å². The maximum Gasteiger partial charge on any atom is 0.0457 e. The molecule has 88 valence electrons. The number of nitrogens with one attached hydrogen (secondary N) is 1. The van der Waals surface area contributed by atoms with Crippen molar-refractivity contribution in [2.24, 2.45) is 11.1 Å². The highest BCUT2D eigenvalue weighted by Gasteiger charge is 2.23. The third kappa shape index (κ3) is 2.23. The number of hydrogen-bond donors (Lipinski definition) is 2. The highest BCUT2D eigenvalue weighted by atomic mass is 35.5. The van der Waals surface area contributed by atoms with Crippen LogP contribution in [0.25, 0.3) is 10.9 Å². The molecule has 2 rings (SSSR count).